The van der Waals surface area contributed by atoms with E-state index in [1.54, 1.807) is 12.4 Å². The van der Waals surface area contributed by atoms with Crippen LogP contribution in [0.25, 0.3) is 127 Å². The molecule has 0 saturated carbocycles. The summed E-state index contributed by atoms with van der Waals surface area (Å²) in [7, 11) is 3.84. The molecular weight excluding hydrogens is 1160 g/mol. The number of nitrogens with zero attached hydrogens (tertiary/aromatic N) is 8. The fourth-order valence-corrected chi connectivity index (χ4v) is 11.7. The van der Waals surface area contributed by atoms with Crippen molar-refractivity contribution in [1.82, 2.24) is 59.0 Å². The van der Waals surface area contributed by atoms with Crippen molar-refractivity contribution >= 4 is 117 Å². The second-order valence-corrected chi connectivity index (χ2v) is 22.0. The maximum Gasteiger partial charge on any atom is 0.306 e. The first-order valence-corrected chi connectivity index (χ1v) is 30.2. The van der Waals surface area contributed by atoms with Crippen molar-refractivity contribution in [2.45, 2.75) is 51.4 Å². The number of aromatic nitrogens is 12. The van der Waals surface area contributed by atoms with Crippen LogP contribution in [-0.2, 0) is 77.9 Å². The van der Waals surface area contributed by atoms with Crippen molar-refractivity contribution in [3.05, 3.63) is 192 Å². The molecule has 0 atom stereocenters. The number of hydrogen-bond donors (Lipinski definition) is 4. The molecule has 0 unspecified atom stereocenters. The zero-order chi connectivity index (χ0) is 63.8. The molecule has 8 aromatic heterocycles. The number of ether oxygens (including phenoxy) is 4. The molecule has 16 bridgehead atoms. The van der Waals surface area contributed by atoms with Crippen molar-refractivity contribution in [2.24, 2.45) is 14.1 Å². The summed E-state index contributed by atoms with van der Waals surface area (Å²) < 4.78 is 25.9. The maximum atomic E-state index is 13.4. The van der Waals surface area contributed by atoms with Crippen LogP contribution in [0.15, 0.2) is 124 Å². The molecule has 0 aromatic carbocycles. The van der Waals surface area contributed by atoms with Crippen molar-refractivity contribution < 1.29 is 38.1 Å². The number of fused-ring (bicyclic) bond motifs is 16. The summed E-state index contributed by atoms with van der Waals surface area (Å²) in [4.78, 5) is 99.9. The number of H-pyrrole nitrogens is 4. The van der Waals surface area contributed by atoms with Crippen LogP contribution in [0.3, 0.4) is 0 Å². The van der Waals surface area contributed by atoms with Crippen molar-refractivity contribution in [3.8, 4) is 33.9 Å². The molecule has 92 heavy (non-hydrogen) atoms. The molecule has 0 amide bonds. The molecule has 20 heteroatoms. The van der Waals surface area contributed by atoms with Crippen molar-refractivity contribution in [3.63, 3.8) is 0 Å². The number of esters is 4. The SMILES string of the molecule is C=CCOC(=O)CCc1c2nc(c(-c3nccn3C)c3ccc([nH]3)c(CCC(=O)OCC=C)c3nc(c(-c4c5nc(c(CCC(=O)OCC=C)c6ccc([nH]6)c(-c6nccn6C)c6nc(c(CCC(=O)OCC=C)c7ccc4[nH]7)C=C6)C=C5)c4ccc1[nH]4)C=C3)C=C2. The molecule has 4 N–H and O–H groups in total. The summed E-state index contributed by atoms with van der Waals surface area (Å²) in [5, 5.41) is 0. The van der Waals surface area contributed by atoms with Crippen LogP contribution in [0.2, 0.25) is 0 Å². The first-order chi connectivity index (χ1) is 44.9. The van der Waals surface area contributed by atoms with Crippen LogP contribution in [-0.4, -0.2) is 109 Å². The number of aryl methyl sites for hydroxylation is 6. The van der Waals surface area contributed by atoms with Crippen LogP contribution in [0.5, 0.6) is 0 Å². The fraction of sp³-hybridized carbons (Fsp3) is 0.194. The first kappa shape index (κ1) is 60.7. The summed E-state index contributed by atoms with van der Waals surface area (Å²) in [6.45, 7) is 15.2. The van der Waals surface area contributed by atoms with Gasteiger partial charge in [0, 0.05) is 131 Å². The minimum absolute atomic E-state index is 0.0303. The lowest BCUT2D eigenvalue weighted by molar-refractivity contribution is -0.143. The van der Waals surface area contributed by atoms with Gasteiger partial charge in [0.1, 0.15) is 38.1 Å². The highest BCUT2D eigenvalue weighted by molar-refractivity contribution is 6.02. The van der Waals surface area contributed by atoms with E-state index >= 15 is 0 Å². The predicted molar refractivity (Wildman–Crippen MR) is 359 cm³/mol. The predicted octanol–water partition coefficient (Wildman–Crippen LogP) is 12.7. The molecule has 462 valence electrons. The van der Waals surface area contributed by atoms with Gasteiger partial charge in [0.05, 0.1) is 67.7 Å². The first-order valence-electron chi connectivity index (χ1n) is 30.2. The fourth-order valence-electron chi connectivity index (χ4n) is 11.7. The van der Waals surface area contributed by atoms with E-state index in [9.17, 15) is 19.2 Å². The summed E-state index contributed by atoms with van der Waals surface area (Å²) in [6, 6.07) is 15.8. The lowest BCUT2D eigenvalue weighted by atomic mass is 10.0. The van der Waals surface area contributed by atoms with Gasteiger partial charge in [-0.25, -0.2) is 29.9 Å². The van der Waals surface area contributed by atoms with Gasteiger partial charge in [0.2, 0.25) is 0 Å². The van der Waals surface area contributed by atoms with Crippen molar-refractivity contribution in [1.29, 1.82) is 0 Å². The Morgan fingerprint density at radius 3 is 0.859 bits per heavy atom. The van der Waals surface area contributed by atoms with Gasteiger partial charge in [0.15, 0.2) is 0 Å². The summed E-state index contributed by atoms with van der Waals surface area (Å²) in [6.07, 6.45) is 30.0. The number of carbonyl (C=O) groups is 4. The Morgan fingerprint density at radius 2 is 0.609 bits per heavy atom. The standard InChI is InChI=1S/C72H66N12O8/c1-7-39-89-63(85)31-11-43-47-15-23-55(75-47)67(56-24-16-48(76-56)44(12-32-64(86)90-40-8-2)52-20-28-60(80-52)69(59-27-19-51(43)79-59)71-73-35-37-83(71)5)68-57-25-17-49(77-57)45(13-33-65(87)91-41-9-3)53-21-29-61(81-53)70(72-74-36-38-84(72)6)62-30-22-54(82-62)46(50-18-26-58(68)78-50)14-34-66(88)92-42-10-4/h7-10,15-30,35-38,75,77,80,82H,1-4,11-14,31-34,39-42H2,5-6H3. The Bertz CT molecular complexity index is 4470. The topological polar surface area (TPSA) is 256 Å². The average Bonchev–Trinajstić information content (AvgIpc) is 1.65. The van der Waals surface area contributed by atoms with E-state index in [1.165, 1.54) is 24.3 Å². The number of hydrogen-bond acceptors (Lipinski definition) is 14. The Kier molecular flexibility index (Phi) is 17.9. The van der Waals surface area contributed by atoms with E-state index in [0.29, 0.717) is 112 Å². The number of aromatic amines is 4. The molecule has 12 heterocycles. The second-order valence-electron chi connectivity index (χ2n) is 22.0. The molecule has 0 fully saturated rings. The molecule has 12 rings (SSSR count). The monoisotopic (exact) mass is 1230 g/mol. The Hall–Kier alpha value is -11.5. The Labute approximate surface area is 528 Å². The second kappa shape index (κ2) is 27.1. The molecule has 8 aromatic rings. The molecule has 4 aliphatic rings. The Morgan fingerprint density at radius 1 is 0.370 bits per heavy atom. The van der Waals surface area contributed by atoms with E-state index in [0.717, 1.165) is 33.4 Å². The smallest absolute Gasteiger partial charge is 0.306 e. The van der Waals surface area contributed by atoms with Gasteiger partial charge in [-0.15, -0.1) is 0 Å². The van der Waals surface area contributed by atoms with E-state index in [-0.39, 0.29) is 77.8 Å². The van der Waals surface area contributed by atoms with Gasteiger partial charge in [-0.1, -0.05) is 50.6 Å². The van der Waals surface area contributed by atoms with Gasteiger partial charge in [-0.05, 0) is 123 Å². The van der Waals surface area contributed by atoms with Crippen LogP contribution >= 0.6 is 0 Å². The number of rotatable bonds is 23. The van der Waals surface area contributed by atoms with E-state index in [1.807, 2.05) is 133 Å². The Balaban J connectivity index is 1.21. The molecule has 20 nitrogen and oxygen atoms in total. The highest BCUT2D eigenvalue weighted by Gasteiger charge is 2.25. The van der Waals surface area contributed by atoms with E-state index in [4.69, 9.17) is 48.9 Å². The number of nitrogens with one attached hydrogen (secondary N) is 4. The molecule has 4 aliphatic heterocycles. The van der Waals surface area contributed by atoms with Crippen LogP contribution in [0.1, 0.15) is 93.5 Å². The summed E-state index contributed by atoms with van der Waals surface area (Å²) >= 11 is 0. The van der Waals surface area contributed by atoms with E-state index in [2.05, 4.69) is 46.3 Å². The van der Waals surface area contributed by atoms with Crippen LogP contribution < -0.4 is 0 Å². The quantitative estimate of drug-likeness (QED) is 0.0264. The molecule has 0 radical (unpaired) electrons. The van der Waals surface area contributed by atoms with Gasteiger partial charge in [-0.3, -0.25) is 19.2 Å². The third-order valence-electron chi connectivity index (χ3n) is 16.0. The normalized spacial score (nSPS) is 12.1. The highest BCUT2D eigenvalue weighted by atomic mass is 16.5. The van der Waals surface area contributed by atoms with Crippen LogP contribution in [0, 0.1) is 0 Å². The van der Waals surface area contributed by atoms with Gasteiger partial charge >= 0.3 is 23.9 Å². The lowest BCUT2D eigenvalue weighted by Crippen LogP contribution is -2.06. The van der Waals surface area contributed by atoms with Gasteiger partial charge in [0.25, 0.3) is 0 Å². The minimum Gasteiger partial charge on any atom is -0.461 e. The third-order valence-corrected chi connectivity index (χ3v) is 16.0. The average molecular weight is 1230 g/mol. The highest BCUT2D eigenvalue weighted by Crippen LogP contribution is 2.40. The molecule has 0 saturated heterocycles. The third kappa shape index (κ3) is 12.7. The zero-order valence-electron chi connectivity index (χ0n) is 51.0. The number of imidazole rings is 2. The number of carbonyl (C=O) groups excluding carboxylic acids is 4. The summed E-state index contributed by atoms with van der Waals surface area (Å²) in [5.74, 6) is -0.320. The van der Waals surface area contributed by atoms with E-state index < -0.39 is 23.9 Å². The summed E-state index contributed by atoms with van der Waals surface area (Å²) in [5.41, 5.74) is 15.7. The largest absolute Gasteiger partial charge is 0.461 e. The minimum atomic E-state index is -0.406. The maximum absolute atomic E-state index is 13.4. The van der Waals surface area contributed by atoms with Gasteiger partial charge < -0.3 is 48.0 Å². The van der Waals surface area contributed by atoms with Crippen molar-refractivity contribution in [2.75, 3.05) is 26.4 Å². The zero-order valence-corrected chi connectivity index (χ0v) is 51.0. The van der Waals surface area contributed by atoms with Gasteiger partial charge in [-0.2, -0.15) is 0 Å². The molecule has 0 aliphatic carbocycles. The molecular formula is C72H66N12O8. The van der Waals surface area contributed by atoms with Crippen LogP contribution in [0.4, 0.5) is 0 Å². The molecule has 0 spiro atoms. The lowest BCUT2D eigenvalue weighted by Gasteiger charge is -2.08.